The lowest BCUT2D eigenvalue weighted by Gasteiger charge is -2.10. The molecule has 1 aromatic heterocycles. The first-order valence-electron chi connectivity index (χ1n) is 7.40. The van der Waals surface area contributed by atoms with Crippen molar-refractivity contribution in [1.82, 2.24) is 10.1 Å². The molecule has 134 valence electrons. The fourth-order valence-electron chi connectivity index (χ4n) is 2.27. The van der Waals surface area contributed by atoms with Crippen LogP contribution in [0.4, 0.5) is 4.39 Å². The highest BCUT2D eigenvalue weighted by molar-refractivity contribution is 6.50. The summed E-state index contributed by atoms with van der Waals surface area (Å²) < 4.78 is 28.6. The van der Waals surface area contributed by atoms with Crippen LogP contribution in [0.15, 0.2) is 40.9 Å². The van der Waals surface area contributed by atoms with E-state index in [9.17, 15) is 4.39 Å². The monoisotopic (exact) mass is 394 g/mol. The maximum absolute atomic E-state index is 13.0. The minimum absolute atomic E-state index is 0.122. The molecule has 0 fully saturated rings. The summed E-state index contributed by atoms with van der Waals surface area (Å²) in [6, 6.07) is 9.11. The summed E-state index contributed by atoms with van der Waals surface area (Å²) >= 11 is 12.5. The van der Waals surface area contributed by atoms with Crippen molar-refractivity contribution < 1.29 is 18.4 Å². The molecule has 0 saturated heterocycles. The maximum Gasteiger partial charge on any atom is 0.269 e. The van der Waals surface area contributed by atoms with Crippen molar-refractivity contribution in [1.29, 1.82) is 0 Å². The SMILES string of the molecule is COc1cc(/C=C(\Cl)c2nc(-c3ccc(F)cc3)no2)cc(Cl)c1OC. The minimum Gasteiger partial charge on any atom is -0.493 e. The van der Waals surface area contributed by atoms with Gasteiger partial charge in [-0.1, -0.05) is 28.4 Å². The number of benzene rings is 2. The molecule has 0 aliphatic heterocycles. The van der Waals surface area contributed by atoms with E-state index in [1.54, 1.807) is 30.3 Å². The highest BCUT2D eigenvalue weighted by Crippen LogP contribution is 2.37. The van der Waals surface area contributed by atoms with Crippen molar-refractivity contribution in [3.8, 4) is 22.9 Å². The first kappa shape index (κ1) is 18.2. The zero-order valence-corrected chi connectivity index (χ0v) is 15.3. The van der Waals surface area contributed by atoms with Crippen LogP contribution in [0.5, 0.6) is 11.5 Å². The van der Waals surface area contributed by atoms with Gasteiger partial charge in [-0.3, -0.25) is 0 Å². The third-order valence-corrected chi connectivity index (χ3v) is 4.03. The van der Waals surface area contributed by atoms with Gasteiger partial charge in [0.2, 0.25) is 5.82 Å². The molecule has 2 aromatic carbocycles. The number of nitrogens with zero attached hydrogens (tertiary/aromatic N) is 2. The van der Waals surface area contributed by atoms with E-state index in [-0.39, 0.29) is 16.7 Å². The lowest BCUT2D eigenvalue weighted by atomic mass is 10.2. The van der Waals surface area contributed by atoms with E-state index >= 15 is 0 Å². The van der Waals surface area contributed by atoms with Crippen molar-refractivity contribution in [2.24, 2.45) is 0 Å². The predicted octanol–water partition coefficient (Wildman–Crippen LogP) is 5.28. The van der Waals surface area contributed by atoms with Crippen LogP contribution in [0, 0.1) is 5.82 Å². The fourth-order valence-corrected chi connectivity index (χ4v) is 2.76. The molecule has 1 heterocycles. The molecule has 0 atom stereocenters. The Bertz CT molecular complexity index is 956. The average Bonchev–Trinajstić information content (AvgIpc) is 3.12. The number of rotatable bonds is 5. The molecule has 0 N–H and O–H groups in total. The second-order valence-electron chi connectivity index (χ2n) is 5.16. The second-order valence-corrected chi connectivity index (χ2v) is 5.97. The molecule has 0 radical (unpaired) electrons. The molecule has 0 saturated carbocycles. The smallest absolute Gasteiger partial charge is 0.269 e. The van der Waals surface area contributed by atoms with Gasteiger partial charge in [-0.15, -0.1) is 0 Å². The summed E-state index contributed by atoms with van der Waals surface area (Å²) in [7, 11) is 3.01. The van der Waals surface area contributed by atoms with E-state index in [0.29, 0.717) is 33.5 Å². The Hall–Kier alpha value is -2.57. The molecule has 3 rings (SSSR count). The van der Waals surface area contributed by atoms with Gasteiger partial charge in [0.1, 0.15) is 10.8 Å². The Kier molecular flexibility index (Phi) is 5.44. The van der Waals surface area contributed by atoms with Crippen molar-refractivity contribution in [3.05, 3.63) is 58.7 Å². The van der Waals surface area contributed by atoms with E-state index in [2.05, 4.69) is 10.1 Å². The van der Waals surface area contributed by atoms with Gasteiger partial charge in [-0.25, -0.2) is 4.39 Å². The van der Waals surface area contributed by atoms with Crippen molar-refractivity contribution >= 4 is 34.3 Å². The third-order valence-electron chi connectivity index (χ3n) is 3.48. The molecule has 26 heavy (non-hydrogen) atoms. The molecular weight excluding hydrogens is 382 g/mol. The highest BCUT2D eigenvalue weighted by Gasteiger charge is 2.14. The quantitative estimate of drug-likeness (QED) is 0.588. The maximum atomic E-state index is 13.0. The number of hydrogen-bond donors (Lipinski definition) is 0. The summed E-state index contributed by atoms with van der Waals surface area (Å²) in [6.45, 7) is 0. The van der Waals surface area contributed by atoms with Crippen molar-refractivity contribution in [2.75, 3.05) is 14.2 Å². The summed E-state index contributed by atoms with van der Waals surface area (Å²) in [5.41, 5.74) is 1.28. The molecule has 0 bridgehead atoms. The molecule has 8 heteroatoms. The molecule has 0 unspecified atom stereocenters. The zero-order valence-electron chi connectivity index (χ0n) is 13.8. The number of halogens is 3. The van der Waals surface area contributed by atoms with Gasteiger partial charge in [0.05, 0.1) is 19.2 Å². The molecule has 5 nitrogen and oxygen atoms in total. The Balaban J connectivity index is 1.91. The molecule has 3 aromatic rings. The van der Waals surface area contributed by atoms with Crippen molar-refractivity contribution in [3.63, 3.8) is 0 Å². The van der Waals surface area contributed by atoms with Crippen LogP contribution >= 0.6 is 23.2 Å². The number of hydrogen-bond acceptors (Lipinski definition) is 5. The predicted molar refractivity (Wildman–Crippen MR) is 98.0 cm³/mol. The Morgan fingerprint density at radius 2 is 1.88 bits per heavy atom. The van der Waals surface area contributed by atoms with E-state index < -0.39 is 0 Å². The molecule has 0 aliphatic rings. The first-order valence-corrected chi connectivity index (χ1v) is 8.16. The van der Waals surface area contributed by atoms with Crippen LogP contribution in [0.1, 0.15) is 11.5 Å². The van der Waals surface area contributed by atoms with E-state index in [1.807, 2.05) is 0 Å². The lowest BCUT2D eigenvalue weighted by molar-refractivity contribution is 0.355. The van der Waals surface area contributed by atoms with Crippen LogP contribution < -0.4 is 9.47 Å². The third kappa shape index (κ3) is 3.81. The van der Waals surface area contributed by atoms with Crippen LogP contribution in [-0.2, 0) is 0 Å². The first-order chi connectivity index (χ1) is 12.5. The van der Waals surface area contributed by atoms with Gasteiger partial charge in [0.25, 0.3) is 5.89 Å². The fraction of sp³-hybridized carbons (Fsp3) is 0.111. The Morgan fingerprint density at radius 1 is 1.15 bits per heavy atom. The Labute approximate surface area is 158 Å². The number of aromatic nitrogens is 2. The van der Waals surface area contributed by atoms with Crippen LogP contribution in [0.2, 0.25) is 5.02 Å². The summed E-state index contributed by atoms with van der Waals surface area (Å²) in [6.07, 6.45) is 1.61. The van der Waals surface area contributed by atoms with Gasteiger partial charge in [0, 0.05) is 5.56 Å². The lowest BCUT2D eigenvalue weighted by Crippen LogP contribution is -1.92. The van der Waals surface area contributed by atoms with E-state index in [4.69, 9.17) is 37.2 Å². The normalized spacial score (nSPS) is 11.5. The molecule has 0 spiro atoms. The summed E-state index contributed by atoms with van der Waals surface area (Å²) in [5, 5.41) is 4.44. The van der Waals surface area contributed by atoms with Crippen molar-refractivity contribution in [2.45, 2.75) is 0 Å². The molecular formula is C18H13Cl2FN2O3. The molecule has 0 aliphatic carbocycles. The highest BCUT2D eigenvalue weighted by atomic mass is 35.5. The molecule has 0 amide bonds. The summed E-state index contributed by atoms with van der Waals surface area (Å²) in [4.78, 5) is 4.22. The largest absolute Gasteiger partial charge is 0.493 e. The summed E-state index contributed by atoms with van der Waals surface area (Å²) in [5.74, 6) is 0.974. The van der Waals surface area contributed by atoms with Gasteiger partial charge in [-0.2, -0.15) is 4.98 Å². The van der Waals surface area contributed by atoms with Crippen LogP contribution in [0.3, 0.4) is 0 Å². The second kappa shape index (κ2) is 7.76. The van der Waals surface area contributed by atoms with E-state index in [0.717, 1.165) is 0 Å². The zero-order chi connectivity index (χ0) is 18.7. The minimum atomic E-state index is -0.347. The van der Waals surface area contributed by atoms with E-state index in [1.165, 1.54) is 26.4 Å². The standard InChI is InChI=1S/C18H13Cl2FN2O3/c1-24-15-9-10(7-13(19)16(15)25-2)8-14(20)18-22-17(23-26-18)11-3-5-12(21)6-4-11/h3-9H,1-2H3/b14-8-. The van der Waals surface area contributed by atoms with Crippen LogP contribution in [-0.4, -0.2) is 24.4 Å². The topological polar surface area (TPSA) is 57.4 Å². The van der Waals surface area contributed by atoms with Crippen LogP contribution in [0.25, 0.3) is 22.5 Å². The van der Waals surface area contributed by atoms with Gasteiger partial charge < -0.3 is 14.0 Å². The van der Waals surface area contributed by atoms with Gasteiger partial charge in [0.15, 0.2) is 11.5 Å². The number of methoxy groups -OCH3 is 2. The van der Waals surface area contributed by atoms with Gasteiger partial charge >= 0.3 is 0 Å². The van der Waals surface area contributed by atoms with Gasteiger partial charge in [-0.05, 0) is 48.0 Å². The Morgan fingerprint density at radius 3 is 2.54 bits per heavy atom. The average molecular weight is 395 g/mol. The number of ether oxygens (including phenoxy) is 2.